The van der Waals surface area contributed by atoms with Gasteiger partial charge in [0, 0.05) is 11.4 Å². The van der Waals surface area contributed by atoms with Crippen molar-refractivity contribution in [2.24, 2.45) is 0 Å². The molecule has 0 saturated heterocycles. The zero-order chi connectivity index (χ0) is 21.4. The first kappa shape index (κ1) is 23.0. The van der Waals surface area contributed by atoms with Gasteiger partial charge in [-0.05, 0) is 52.3 Å². The molecule has 0 radical (unpaired) electrons. The number of rotatable bonds is 7. The number of hydrogen-bond acceptors (Lipinski definition) is 5. The van der Waals surface area contributed by atoms with Gasteiger partial charge in [-0.3, -0.25) is 4.79 Å². The molecule has 0 aliphatic carbocycles. The molecule has 2 aromatic rings. The van der Waals surface area contributed by atoms with Crippen molar-refractivity contribution >= 4 is 23.0 Å². The van der Waals surface area contributed by atoms with Crippen LogP contribution in [0.25, 0.3) is 0 Å². The first-order chi connectivity index (χ1) is 13.6. The molecule has 29 heavy (non-hydrogen) atoms. The number of aryl methyl sites for hydroxylation is 1. The Kier molecular flexibility index (Phi) is 8.29. The van der Waals surface area contributed by atoms with Crippen molar-refractivity contribution in [3.8, 4) is 0 Å². The molecule has 0 aliphatic heterocycles. The van der Waals surface area contributed by atoms with Crippen LogP contribution < -0.4 is 10.6 Å². The van der Waals surface area contributed by atoms with Crippen molar-refractivity contribution in [3.63, 3.8) is 0 Å². The Balaban J connectivity index is 2.09. The molecule has 2 rings (SSSR count). The highest BCUT2D eigenvalue weighted by atomic mass is 32.2. The van der Waals surface area contributed by atoms with Gasteiger partial charge >= 0.3 is 6.09 Å². The van der Waals surface area contributed by atoms with Gasteiger partial charge in [0.25, 0.3) is 0 Å². The number of carbonyl (C=O) groups excluding carboxylic acids is 2. The maximum Gasteiger partial charge on any atom is 0.407 e. The molecule has 2 atom stereocenters. The number of nitrogens with one attached hydrogen (secondary N) is 2. The highest BCUT2D eigenvalue weighted by Crippen LogP contribution is 2.22. The molecule has 0 spiro atoms. The molecule has 5 nitrogen and oxygen atoms in total. The fourth-order valence-corrected chi connectivity index (χ4v) is 3.57. The number of carbonyl (C=O) groups is 2. The summed E-state index contributed by atoms with van der Waals surface area (Å²) in [6.07, 6.45) is -0.537. The quantitative estimate of drug-likeness (QED) is 0.644. The largest absolute Gasteiger partial charge is 0.444 e. The van der Waals surface area contributed by atoms with E-state index in [0.717, 1.165) is 16.0 Å². The Morgan fingerprint density at radius 1 is 1.03 bits per heavy atom. The van der Waals surface area contributed by atoms with Crippen LogP contribution in [0.15, 0.2) is 59.5 Å². The molecule has 6 heteroatoms. The molecule has 0 aromatic heterocycles. The van der Waals surface area contributed by atoms with Gasteiger partial charge < -0.3 is 15.4 Å². The molecule has 0 heterocycles. The van der Waals surface area contributed by atoms with Crippen LogP contribution in [0.1, 0.15) is 38.8 Å². The molecular weight excluding hydrogens is 384 g/mol. The lowest BCUT2D eigenvalue weighted by Crippen LogP contribution is -2.52. The summed E-state index contributed by atoms with van der Waals surface area (Å²) in [5.74, 6) is 0. The van der Waals surface area contributed by atoms with Crippen molar-refractivity contribution in [3.05, 3.63) is 65.7 Å². The van der Waals surface area contributed by atoms with Gasteiger partial charge in [0.2, 0.25) is 5.12 Å². The van der Waals surface area contributed by atoms with Crippen LogP contribution in [-0.4, -0.2) is 28.9 Å². The van der Waals surface area contributed by atoms with E-state index in [1.54, 1.807) is 27.7 Å². The zero-order valence-electron chi connectivity index (χ0n) is 17.7. The normalized spacial score (nSPS) is 13.4. The highest BCUT2D eigenvalue weighted by Gasteiger charge is 2.28. The average molecular weight is 415 g/mol. The molecule has 2 aromatic carbocycles. The predicted molar refractivity (Wildman–Crippen MR) is 118 cm³/mol. The second-order valence-corrected chi connectivity index (χ2v) is 9.09. The molecule has 156 valence electrons. The number of alkyl carbamates (subject to hydrolysis) is 1. The molecule has 0 unspecified atom stereocenters. The molecule has 0 saturated carbocycles. The van der Waals surface area contributed by atoms with E-state index in [1.807, 2.05) is 61.5 Å². The van der Waals surface area contributed by atoms with Gasteiger partial charge in [-0.25, -0.2) is 4.79 Å². The summed E-state index contributed by atoms with van der Waals surface area (Å²) < 4.78 is 5.34. The summed E-state index contributed by atoms with van der Waals surface area (Å²) in [6, 6.07) is 16.6. The van der Waals surface area contributed by atoms with E-state index in [2.05, 4.69) is 10.6 Å². The highest BCUT2D eigenvalue weighted by molar-refractivity contribution is 8.13. The van der Waals surface area contributed by atoms with Crippen molar-refractivity contribution in [2.75, 3.05) is 0 Å². The van der Waals surface area contributed by atoms with Crippen LogP contribution in [0.3, 0.4) is 0 Å². The van der Waals surface area contributed by atoms with Crippen LogP contribution in [0.5, 0.6) is 0 Å². The van der Waals surface area contributed by atoms with Crippen molar-refractivity contribution in [1.29, 1.82) is 0 Å². The van der Waals surface area contributed by atoms with Gasteiger partial charge in [0.1, 0.15) is 5.60 Å². The Hall–Kier alpha value is -2.31. The first-order valence-corrected chi connectivity index (χ1v) is 10.5. The summed E-state index contributed by atoms with van der Waals surface area (Å²) in [5, 5.41) is 6.02. The maximum absolute atomic E-state index is 13.0. The van der Waals surface area contributed by atoms with Crippen molar-refractivity contribution < 1.29 is 14.3 Å². The molecule has 2 N–H and O–H groups in total. The summed E-state index contributed by atoms with van der Waals surface area (Å²) in [5.41, 5.74) is 1.60. The lowest BCUT2D eigenvalue weighted by molar-refractivity contribution is -0.113. The van der Waals surface area contributed by atoms with E-state index in [9.17, 15) is 9.59 Å². The van der Waals surface area contributed by atoms with Crippen LogP contribution in [0.2, 0.25) is 0 Å². The number of ether oxygens (including phenoxy) is 1. The fourth-order valence-electron chi connectivity index (χ4n) is 2.65. The zero-order valence-corrected chi connectivity index (χ0v) is 18.5. The third-order valence-corrected chi connectivity index (χ3v) is 5.07. The minimum atomic E-state index is -0.600. The number of amides is 1. The van der Waals surface area contributed by atoms with Crippen LogP contribution in [-0.2, 0) is 16.1 Å². The van der Waals surface area contributed by atoms with Crippen LogP contribution >= 0.6 is 11.8 Å². The van der Waals surface area contributed by atoms with E-state index in [0.29, 0.717) is 6.54 Å². The summed E-state index contributed by atoms with van der Waals surface area (Å²) in [4.78, 5) is 26.1. The standard InChI is InChI=1S/C23H30N2O3S/c1-16-11-13-19(14-12-16)29-21(26)20(24-15-18-9-7-6-8-10-18)17(2)25-22(27)28-23(3,4)5/h6-14,17,20,24H,15H2,1-5H3,(H,25,27)/t17-,20-/m0/s1. The molecule has 1 amide bonds. The maximum atomic E-state index is 13.0. The number of thioether (sulfide) groups is 1. The SMILES string of the molecule is Cc1ccc(SC(=O)[C@@H](NCc2ccccc2)[C@H](C)NC(=O)OC(C)(C)C)cc1. The van der Waals surface area contributed by atoms with Gasteiger partial charge in [-0.2, -0.15) is 0 Å². The van der Waals surface area contributed by atoms with E-state index >= 15 is 0 Å². The van der Waals surface area contributed by atoms with E-state index in [1.165, 1.54) is 11.8 Å². The molecule has 0 bridgehead atoms. The topological polar surface area (TPSA) is 67.4 Å². The summed E-state index contributed by atoms with van der Waals surface area (Å²) >= 11 is 1.17. The third-order valence-electron chi connectivity index (χ3n) is 4.11. The van der Waals surface area contributed by atoms with Gasteiger partial charge in [0.05, 0.1) is 12.1 Å². The number of hydrogen-bond donors (Lipinski definition) is 2. The summed E-state index contributed by atoms with van der Waals surface area (Å²) in [7, 11) is 0. The lowest BCUT2D eigenvalue weighted by atomic mass is 10.1. The Bertz CT molecular complexity index is 801. The van der Waals surface area contributed by atoms with Gasteiger partial charge in [0.15, 0.2) is 0 Å². The number of benzene rings is 2. The van der Waals surface area contributed by atoms with E-state index < -0.39 is 23.8 Å². The van der Waals surface area contributed by atoms with Gasteiger partial charge in [-0.1, -0.05) is 59.8 Å². The Labute approximate surface area is 177 Å². The van der Waals surface area contributed by atoms with Crippen LogP contribution in [0.4, 0.5) is 4.79 Å². The molecule has 0 fully saturated rings. The summed E-state index contributed by atoms with van der Waals surface area (Å²) in [6.45, 7) is 9.75. The van der Waals surface area contributed by atoms with Crippen LogP contribution in [0, 0.1) is 6.92 Å². The molecular formula is C23H30N2O3S. The first-order valence-electron chi connectivity index (χ1n) is 9.69. The Morgan fingerprint density at radius 2 is 1.66 bits per heavy atom. The fraction of sp³-hybridized carbons (Fsp3) is 0.391. The average Bonchev–Trinajstić information content (AvgIpc) is 2.63. The minimum Gasteiger partial charge on any atom is -0.444 e. The second kappa shape index (κ2) is 10.5. The van der Waals surface area contributed by atoms with Crippen molar-refractivity contribution in [1.82, 2.24) is 10.6 Å². The van der Waals surface area contributed by atoms with E-state index in [4.69, 9.17) is 4.74 Å². The second-order valence-electron chi connectivity index (χ2n) is 8.01. The third kappa shape index (κ3) is 8.30. The lowest BCUT2D eigenvalue weighted by Gasteiger charge is -2.27. The molecule has 0 aliphatic rings. The minimum absolute atomic E-state index is 0.0617. The smallest absolute Gasteiger partial charge is 0.407 e. The van der Waals surface area contributed by atoms with E-state index in [-0.39, 0.29) is 5.12 Å². The monoisotopic (exact) mass is 414 g/mol. The predicted octanol–water partition coefficient (Wildman–Crippen LogP) is 4.69. The van der Waals surface area contributed by atoms with Crippen molar-refractivity contribution in [2.45, 2.75) is 63.7 Å². The van der Waals surface area contributed by atoms with Gasteiger partial charge in [-0.15, -0.1) is 0 Å². The Morgan fingerprint density at radius 3 is 2.24 bits per heavy atom.